The molecule has 70 heavy (non-hydrogen) atoms. The summed E-state index contributed by atoms with van der Waals surface area (Å²) in [6.07, 6.45) is 0. The molecule has 4 heterocycles. The summed E-state index contributed by atoms with van der Waals surface area (Å²) < 4.78 is 10.9. The number of hydrogen-bond acceptors (Lipinski definition) is 4. The Balaban J connectivity index is 1.04. The molecule has 0 bridgehead atoms. The Morgan fingerprint density at radius 3 is 1.57 bits per heavy atom. The van der Waals surface area contributed by atoms with E-state index in [4.69, 9.17) is 19.4 Å². The van der Waals surface area contributed by atoms with Gasteiger partial charge in [0.25, 0.3) is 0 Å². The summed E-state index contributed by atoms with van der Waals surface area (Å²) in [5.41, 5.74) is 15.5. The molecule has 6 nitrogen and oxygen atoms in total. The summed E-state index contributed by atoms with van der Waals surface area (Å²) in [6, 6.07) is 84.6. The van der Waals surface area contributed by atoms with Crippen molar-refractivity contribution >= 4 is 65.6 Å². The molecule has 0 saturated heterocycles. The highest BCUT2D eigenvalue weighted by molar-refractivity contribution is 6.13. The van der Waals surface area contributed by atoms with Gasteiger partial charge < -0.3 is 4.42 Å². The topological polar surface area (TPSA) is 61.7 Å². The fourth-order valence-electron chi connectivity index (χ4n) is 11.7. The molecule has 0 amide bonds. The summed E-state index contributed by atoms with van der Waals surface area (Å²) >= 11 is 0. The van der Waals surface area contributed by atoms with Crippen LogP contribution in [0, 0.1) is 0 Å². The van der Waals surface area contributed by atoms with E-state index in [1.807, 2.05) is 18.2 Å². The van der Waals surface area contributed by atoms with Crippen LogP contribution in [0.25, 0.3) is 111 Å². The number of nitrogens with zero attached hydrogens (tertiary/aromatic N) is 5. The Hall–Kier alpha value is -9.39. The summed E-state index contributed by atoms with van der Waals surface area (Å²) in [5.74, 6) is 1.57. The Bertz CT molecular complexity index is 4380. The van der Waals surface area contributed by atoms with Crippen molar-refractivity contribution in [3.63, 3.8) is 0 Å². The highest BCUT2D eigenvalue weighted by Crippen LogP contribution is 2.57. The van der Waals surface area contributed by atoms with Gasteiger partial charge in [-0.05, 0) is 99.1 Å². The standard InChI is InChI=1S/C64H39N5O/c1-4-18-40(19-5-1)41-33-35-57-51(36-41)46-25-11-15-29-55(46)68(57)62-65-61(42-32-34-49-48-27-13-17-31-59(48)70-60(49)37-42)66-63(67-62)69-56-30-16-12-26-47(56)52-38-50-45-24-10-14-28-53(45)64(54(50)39-58(52)69,43-20-6-2-7-21-43)44-22-8-3-9-23-44/h1-39H. The second-order valence-electron chi connectivity index (χ2n) is 18.3. The zero-order valence-electron chi connectivity index (χ0n) is 37.7. The first-order valence-electron chi connectivity index (χ1n) is 23.8. The van der Waals surface area contributed by atoms with E-state index >= 15 is 0 Å². The van der Waals surface area contributed by atoms with Crippen LogP contribution in [0.3, 0.4) is 0 Å². The maximum atomic E-state index is 6.48. The van der Waals surface area contributed by atoms with Gasteiger partial charge in [0.15, 0.2) is 5.82 Å². The van der Waals surface area contributed by atoms with Gasteiger partial charge in [-0.1, -0.05) is 182 Å². The molecule has 10 aromatic carbocycles. The lowest BCUT2D eigenvalue weighted by Gasteiger charge is -2.34. The van der Waals surface area contributed by atoms with Crippen LogP contribution in [0.15, 0.2) is 241 Å². The van der Waals surface area contributed by atoms with Gasteiger partial charge in [-0.2, -0.15) is 15.0 Å². The lowest BCUT2D eigenvalue weighted by Crippen LogP contribution is -2.28. The number of aromatic nitrogens is 5. The summed E-state index contributed by atoms with van der Waals surface area (Å²) in [6.45, 7) is 0. The summed E-state index contributed by atoms with van der Waals surface area (Å²) in [7, 11) is 0. The quantitative estimate of drug-likeness (QED) is 0.167. The van der Waals surface area contributed by atoms with Crippen molar-refractivity contribution in [3.05, 3.63) is 259 Å². The molecule has 0 aliphatic heterocycles. The minimum absolute atomic E-state index is 0.517. The summed E-state index contributed by atoms with van der Waals surface area (Å²) in [4.78, 5) is 16.5. The number of hydrogen-bond donors (Lipinski definition) is 0. The van der Waals surface area contributed by atoms with Gasteiger partial charge in [0.2, 0.25) is 11.9 Å². The van der Waals surface area contributed by atoms with Crippen LogP contribution in [0.5, 0.6) is 0 Å². The Labute approximate surface area is 402 Å². The first-order chi connectivity index (χ1) is 34.7. The number of fused-ring (bicyclic) bond motifs is 12. The van der Waals surface area contributed by atoms with Crippen LogP contribution in [0.4, 0.5) is 0 Å². The minimum Gasteiger partial charge on any atom is -0.456 e. The van der Waals surface area contributed by atoms with E-state index in [9.17, 15) is 0 Å². The first-order valence-corrected chi connectivity index (χ1v) is 23.8. The number of para-hydroxylation sites is 3. The van der Waals surface area contributed by atoms with Crippen molar-refractivity contribution < 1.29 is 4.42 Å². The van der Waals surface area contributed by atoms with Crippen molar-refractivity contribution in [2.24, 2.45) is 0 Å². The molecule has 0 spiro atoms. The van der Waals surface area contributed by atoms with Gasteiger partial charge in [-0.15, -0.1) is 0 Å². The molecular formula is C64H39N5O. The lowest BCUT2D eigenvalue weighted by atomic mass is 9.67. The molecule has 0 atom stereocenters. The van der Waals surface area contributed by atoms with Crippen molar-refractivity contribution in [2.45, 2.75) is 5.41 Å². The third-order valence-corrected chi connectivity index (χ3v) is 14.7. The van der Waals surface area contributed by atoms with Crippen LogP contribution in [0.1, 0.15) is 22.3 Å². The zero-order valence-corrected chi connectivity index (χ0v) is 37.7. The first kappa shape index (κ1) is 38.7. The van der Waals surface area contributed by atoms with E-state index in [0.717, 1.165) is 82.2 Å². The van der Waals surface area contributed by atoms with Gasteiger partial charge in [-0.25, -0.2) is 0 Å². The second-order valence-corrected chi connectivity index (χ2v) is 18.3. The van der Waals surface area contributed by atoms with Crippen LogP contribution in [-0.2, 0) is 5.41 Å². The average molecular weight is 894 g/mol. The van der Waals surface area contributed by atoms with Gasteiger partial charge in [-0.3, -0.25) is 9.13 Å². The number of furan rings is 1. The van der Waals surface area contributed by atoms with Crippen LogP contribution in [0.2, 0.25) is 0 Å². The van der Waals surface area contributed by atoms with Gasteiger partial charge in [0, 0.05) is 37.9 Å². The van der Waals surface area contributed by atoms with Gasteiger partial charge in [0.1, 0.15) is 11.2 Å². The molecule has 15 rings (SSSR count). The third-order valence-electron chi connectivity index (χ3n) is 14.7. The zero-order chi connectivity index (χ0) is 45.9. The highest BCUT2D eigenvalue weighted by Gasteiger charge is 2.46. The van der Waals surface area contributed by atoms with Crippen molar-refractivity contribution in [1.82, 2.24) is 24.1 Å². The van der Waals surface area contributed by atoms with Crippen LogP contribution >= 0.6 is 0 Å². The monoisotopic (exact) mass is 893 g/mol. The summed E-state index contributed by atoms with van der Waals surface area (Å²) in [5, 5.41) is 6.60. The predicted octanol–water partition coefficient (Wildman–Crippen LogP) is 15.7. The average Bonchev–Trinajstić information content (AvgIpc) is 4.16. The third kappa shape index (κ3) is 5.47. The normalized spacial score (nSPS) is 13.0. The minimum atomic E-state index is -0.594. The SMILES string of the molecule is c1ccc(-c2ccc3c(c2)c2ccccc2n3-c2nc(-c3ccc4c(c3)oc3ccccc34)nc(-n3c4ccccc4c4cc5c(cc43)C(c3ccccc3)(c3ccccc3)c3ccccc3-5)n2)cc1. The molecule has 4 aromatic heterocycles. The van der Waals surface area contributed by atoms with E-state index < -0.39 is 5.41 Å². The van der Waals surface area contributed by atoms with Crippen LogP contribution in [-0.4, -0.2) is 24.1 Å². The maximum absolute atomic E-state index is 6.48. The molecule has 0 N–H and O–H groups in total. The van der Waals surface area contributed by atoms with Crippen molar-refractivity contribution in [3.8, 4) is 45.5 Å². The highest BCUT2D eigenvalue weighted by atomic mass is 16.3. The molecule has 1 aliphatic rings. The Morgan fingerprint density at radius 2 is 0.857 bits per heavy atom. The predicted molar refractivity (Wildman–Crippen MR) is 284 cm³/mol. The van der Waals surface area contributed by atoms with E-state index in [2.05, 4.69) is 228 Å². The molecule has 0 unspecified atom stereocenters. The van der Waals surface area contributed by atoms with E-state index in [0.29, 0.717) is 17.7 Å². The van der Waals surface area contributed by atoms with Crippen molar-refractivity contribution in [2.75, 3.05) is 0 Å². The van der Waals surface area contributed by atoms with Crippen LogP contribution < -0.4 is 0 Å². The molecule has 0 radical (unpaired) electrons. The fourth-order valence-corrected chi connectivity index (χ4v) is 11.7. The Kier molecular flexibility index (Phi) is 8.18. The molecule has 0 saturated carbocycles. The van der Waals surface area contributed by atoms with Gasteiger partial charge >= 0.3 is 0 Å². The fraction of sp³-hybridized carbons (Fsp3) is 0.0156. The second kappa shape index (κ2) is 14.8. The maximum Gasteiger partial charge on any atom is 0.240 e. The van der Waals surface area contributed by atoms with E-state index in [1.165, 1.54) is 33.4 Å². The van der Waals surface area contributed by atoms with E-state index in [-0.39, 0.29) is 0 Å². The molecule has 14 aromatic rings. The molecule has 6 heteroatoms. The van der Waals surface area contributed by atoms with Crippen molar-refractivity contribution in [1.29, 1.82) is 0 Å². The Morgan fingerprint density at radius 1 is 0.314 bits per heavy atom. The van der Waals surface area contributed by atoms with E-state index in [1.54, 1.807) is 0 Å². The largest absolute Gasteiger partial charge is 0.456 e. The molecule has 1 aliphatic carbocycles. The number of rotatable bonds is 6. The molecule has 0 fully saturated rings. The van der Waals surface area contributed by atoms with Gasteiger partial charge in [0.05, 0.1) is 27.5 Å². The molecular weight excluding hydrogens is 855 g/mol. The number of benzene rings is 10. The lowest BCUT2D eigenvalue weighted by molar-refractivity contribution is 0.669. The molecule has 326 valence electrons. The smallest absolute Gasteiger partial charge is 0.240 e.